The molecule has 1 aliphatic heterocycles. The number of β-amino-alcohol motifs (C(OH)–C–C–N with tert-alkyl or cyclic N) is 1. The fourth-order valence-corrected chi connectivity index (χ4v) is 3.04. The molecule has 0 radical (unpaired) electrons. The monoisotopic (exact) mass is 390 g/mol. The predicted octanol–water partition coefficient (Wildman–Crippen LogP) is 2.28. The number of thioether (sulfide) groups is 1. The highest BCUT2D eigenvalue weighted by atomic mass is 32.2. The van der Waals surface area contributed by atoms with Crippen LogP contribution in [0.2, 0.25) is 0 Å². The Bertz CT molecular complexity index is 750. The smallest absolute Gasteiger partial charge is 0.446 e. The van der Waals surface area contributed by atoms with Crippen molar-refractivity contribution >= 4 is 29.3 Å². The molecule has 0 aromatic heterocycles. The van der Waals surface area contributed by atoms with Gasteiger partial charge in [-0.05, 0) is 36.4 Å². The Kier molecular flexibility index (Phi) is 6.19. The number of carbonyl (C=O) groups excluding carboxylic acids is 2. The van der Waals surface area contributed by atoms with Crippen LogP contribution in [0.5, 0.6) is 0 Å². The van der Waals surface area contributed by atoms with Crippen LogP contribution in [-0.2, 0) is 14.3 Å². The fourth-order valence-electron chi connectivity index (χ4n) is 2.44. The number of ether oxygens (including phenoxy) is 1. The molecule has 0 saturated carbocycles. The van der Waals surface area contributed by atoms with Crippen LogP contribution >= 0.6 is 11.8 Å². The SMILES string of the molecule is COC(=O)C1=C(Nc2cc(C)ccc2SC(F)(F)F)C(=O)N(CCO)C1. The van der Waals surface area contributed by atoms with E-state index in [1.165, 1.54) is 23.1 Å². The number of carbonyl (C=O) groups is 2. The number of methoxy groups -OCH3 is 1. The Hall–Kier alpha value is -2.20. The van der Waals surface area contributed by atoms with Crippen molar-refractivity contribution in [1.29, 1.82) is 0 Å². The molecule has 0 spiro atoms. The van der Waals surface area contributed by atoms with Crippen molar-refractivity contribution in [3.63, 3.8) is 0 Å². The Morgan fingerprint density at radius 1 is 1.42 bits per heavy atom. The third-order valence-electron chi connectivity index (χ3n) is 3.57. The van der Waals surface area contributed by atoms with E-state index in [4.69, 9.17) is 5.11 Å². The summed E-state index contributed by atoms with van der Waals surface area (Å²) in [6, 6.07) is 4.26. The summed E-state index contributed by atoms with van der Waals surface area (Å²) in [6.07, 6.45) is 0. The number of amides is 1. The van der Waals surface area contributed by atoms with Gasteiger partial charge >= 0.3 is 11.5 Å². The second-order valence-corrected chi connectivity index (χ2v) is 6.57. The molecule has 0 fully saturated rings. The van der Waals surface area contributed by atoms with Crippen molar-refractivity contribution in [2.45, 2.75) is 17.3 Å². The average Bonchev–Trinajstić information content (AvgIpc) is 2.85. The maximum absolute atomic E-state index is 12.8. The van der Waals surface area contributed by atoms with Gasteiger partial charge in [0.05, 0.1) is 31.5 Å². The molecule has 142 valence electrons. The van der Waals surface area contributed by atoms with Crippen LogP contribution in [-0.4, -0.2) is 54.2 Å². The number of anilines is 1. The Balaban J connectivity index is 2.42. The van der Waals surface area contributed by atoms with Crippen LogP contribution in [0.1, 0.15) is 5.56 Å². The van der Waals surface area contributed by atoms with Crippen molar-refractivity contribution in [2.75, 3.05) is 32.1 Å². The molecule has 26 heavy (non-hydrogen) atoms. The van der Waals surface area contributed by atoms with Gasteiger partial charge in [0.25, 0.3) is 5.91 Å². The molecular weight excluding hydrogens is 373 g/mol. The summed E-state index contributed by atoms with van der Waals surface area (Å²) >= 11 is -0.319. The van der Waals surface area contributed by atoms with Crippen LogP contribution in [0.15, 0.2) is 34.4 Å². The molecule has 0 bridgehead atoms. The summed E-state index contributed by atoms with van der Waals surface area (Å²) in [5.41, 5.74) is -3.93. The second-order valence-electron chi connectivity index (χ2n) is 5.47. The van der Waals surface area contributed by atoms with Gasteiger partial charge in [0.15, 0.2) is 0 Å². The number of benzene rings is 1. The van der Waals surface area contributed by atoms with Crippen molar-refractivity contribution in [2.24, 2.45) is 0 Å². The largest absolute Gasteiger partial charge is 0.466 e. The number of esters is 1. The van der Waals surface area contributed by atoms with Crippen molar-refractivity contribution in [1.82, 2.24) is 4.90 Å². The van der Waals surface area contributed by atoms with Gasteiger partial charge in [0.2, 0.25) is 0 Å². The number of aryl methyl sites for hydroxylation is 1. The number of nitrogens with one attached hydrogen (secondary N) is 1. The molecule has 1 aromatic carbocycles. The summed E-state index contributed by atoms with van der Waals surface area (Å²) in [5.74, 6) is -1.36. The van der Waals surface area contributed by atoms with E-state index in [1.54, 1.807) is 6.92 Å². The summed E-state index contributed by atoms with van der Waals surface area (Å²) in [5, 5.41) is 11.7. The molecule has 0 saturated heterocycles. The second kappa shape index (κ2) is 8.00. The minimum Gasteiger partial charge on any atom is -0.466 e. The Morgan fingerprint density at radius 2 is 2.12 bits per heavy atom. The van der Waals surface area contributed by atoms with E-state index in [9.17, 15) is 22.8 Å². The van der Waals surface area contributed by atoms with Crippen molar-refractivity contribution < 1.29 is 32.6 Å². The molecule has 2 rings (SSSR count). The number of hydrogen-bond donors (Lipinski definition) is 2. The lowest BCUT2D eigenvalue weighted by atomic mass is 10.2. The van der Waals surface area contributed by atoms with Crippen molar-refractivity contribution in [3.8, 4) is 0 Å². The summed E-state index contributed by atoms with van der Waals surface area (Å²) < 4.78 is 43.0. The number of nitrogens with zero attached hydrogens (tertiary/aromatic N) is 1. The lowest BCUT2D eigenvalue weighted by Crippen LogP contribution is -2.31. The minimum atomic E-state index is -4.51. The predicted molar refractivity (Wildman–Crippen MR) is 89.4 cm³/mol. The van der Waals surface area contributed by atoms with Gasteiger partial charge in [-0.3, -0.25) is 4.79 Å². The van der Waals surface area contributed by atoms with Gasteiger partial charge in [-0.15, -0.1) is 0 Å². The molecule has 1 heterocycles. The molecule has 0 unspecified atom stereocenters. The van der Waals surface area contributed by atoms with Crippen molar-refractivity contribution in [3.05, 3.63) is 35.0 Å². The molecule has 10 heteroatoms. The van der Waals surface area contributed by atoms with Crippen LogP contribution in [0.25, 0.3) is 0 Å². The Morgan fingerprint density at radius 3 is 2.69 bits per heavy atom. The summed E-state index contributed by atoms with van der Waals surface area (Å²) in [4.78, 5) is 25.5. The van der Waals surface area contributed by atoms with E-state index in [0.717, 1.165) is 7.11 Å². The normalized spacial score (nSPS) is 14.8. The fraction of sp³-hybridized carbons (Fsp3) is 0.375. The summed E-state index contributed by atoms with van der Waals surface area (Å²) in [7, 11) is 1.14. The lowest BCUT2D eigenvalue weighted by molar-refractivity contribution is -0.136. The van der Waals surface area contributed by atoms with Gasteiger partial charge in [0.1, 0.15) is 5.70 Å². The number of aliphatic hydroxyl groups excluding tert-OH is 1. The molecule has 2 N–H and O–H groups in total. The number of halogens is 3. The first-order valence-corrected chi connectivity index (χ1v) is 8.33. The quantitative estimate of drug-likeness (QED) is 0.573. The first kappa shape index (κ1) is 20.1. The number of rotatable bonds is 6. The zero-order chi connectivity index (χ0) is 19.5. The molecule has 0 atom stereocenters. The molecule has 1 aromatic rings. The molecule has 0 aliphatic carbocycles. The molecule has 6 nitrogen and oxygen atoms in total. The minimum absolute atomic E-state index is 0.00425. The molecular formula is C16H17F3N2O4S. The first-order valence-electron chi connectivity index (χ1n) is 7.51. The van der Waals surface area contributed by atoms with E-state index >= 15 is 0 Å². The number of alkyl halides is 3. The highest BCUT2D eigenvalue weighted by molar-refractivity contribution is 8.00. The highest BCUT2D eigenvalue weighted by Crippen LogP contribution is 2.41. The van der Waals surface area contributed by atoms with E-state index in [1.807, 2.05) is 0 Å². The maximum Gasteiger partial charge on any atom is 0.446 e. The Labute approximate surface area is 152 Å². The highest BCUT2D eigenvalue weighted by Gasteiger charge is 2.36. The topological polar surface area (TPSA) is 78.9 Å². The zero-order valence-electron chi connectivity index (χ0n) is 14.0. The lowest BCUT2D eigenvalue weighted by Gasteiger charge is -2.17. The third kappa shape index (κ3) is 4.70. The van der Waals surface area contributed by atoms with Crippen LogP contribution < -0.4 is 5.32 Å². The van der Waals surface area contributed by atoms with E-state index in [-0.39, 0.29) is 53.3 Å². The van der Waals surface area contributed by atoms with Crippen LogP contribution in [0.4, 0.5) is 18.9 Å². The van der Waals surface area contributed by atoms with Gasteiger partial charge in [-0.1, -0.05) is 6.07 Å². The van der Waals surface area contributed by atoms with Gasteiger partial charge in [0, 0.05) is 11.4 Å². The van der Waals surface area contributed by atoms with Gasteiger partial charge in [-0.25, -0.2) is 4.79 Å². The standard InChI is InChI=1S/C16H17F3N2O4S/c1-9-3-4-12(26-16(17,18)19)11(7-9)20-13-10(15(24)25-2)8-21(5-6-22)14(13)23/h3-4,7,20,22H,5-6,8H2,1-2H3. The average molecular weight is 390 g/mol. The van der Waals surface area contributed by atoms with Gasteiger partial charge < -0.3 is 20.1 Å². The van der Waals surface area contributed by atoms with Crippen LogP contribution in [0.3, 0.4) is 0 Å². The maximum atomic E-state index is 12.8. The van der Waals surface area contributed by atoms with Gasteiger partial charge in [-0.2, -0.15) is 13.2 Å². The zero-order valence-corrected chi connectivity index (χ0v) is 14.8. The number of aliphatic hydroxyl groups is 1. The summed E-state index contributed by atoms with van der Waals surface area (Å²) in [6.45, 7) is 1.27. The van der Waals surface area contributed by atoms with E-state index < -0.39 is 17.4 Å². The molecule has 1 aliphatic rings. The molecule has 1 amide bonds. The van der Waals surface area contributed by atoms with E-state index in [0.29, 0.717) is 5.56 Å². The van der Waals surface area contributed by atoms with E-state index in [2.05, 4.69) is 10.1 Å². The number of hydrogen-bond acceptors (Lipinski definition) is 6. The third-order valence-corrected chi connectivity index (χ3v) is 4.38. The van der Waals surface area contributed by atoms with Crippen LogP contribution in [0, 0.1) is 6.92 Å². The first-order chi connectivity index (χ1) is 12.2.